The molecule has 15 heavy (non-hydrogen) atoms. The number of carbonyl (C=O) groups is 1. The largest absolute Gasteiger partial charge is 0.374 e. The van der Waals surface area contributed by atoms with Crippen LogP contribution in [0.5, 0.6) is 0 Å². The second-order valence-corrected chi connectivity index (χ2v) is 3.62. The highest BCUT2D eigenvalue weighted by molar-refractivity contribution is 5.51. The minimum atomic E-state index is 0.0956. The van der Waals surface area contributed by atoms with Crippen molar-refractivity contribution in [1.82, 2.24) is 0 Å². The maximum atomic E-state index is 10.2. The molecule has 0 aliphatic carbocycles. The maximum absolute atomic E-state index is 10.2. The van der Waals surface area contributed by atoms with E-state index in [-0.39, 0.29) is 12.2 Å². The van der Waals surface area contributed by atoms with E-state index in [0.29, 0.717) is 19.6 Å². The molecule has 0 amide bonds. The molecule has 1 aliphatic rings. The molecule has 1 fully saturated rings. The van der Waals surface area contributed by atoms with E-state index in [4.69, 9.17) is 9.47 Å². The molecule has 0 unspecified atom stereocenters. The lowest BCUT2D eigenvalue weighted by Gasteiger charge is -2.01. The number of carbonyl (C=O) groups excluding carboxylic acids is 1. The average molecular weight is 206 g/mol. The summed E-state index contributed by atoms with van der Waals surface area (Å²) in [5.74, 6) is 0. The summed E-state index contributed by atoms with van der Waals surface area (Å²) in [6.45, 7) is 1.18. The van der Waals surface area contributed by atoms with Crippen molar-refractivity contribution in [2.45, 2.75) is 25.2 Å². The predicted octanol–water partition coefficient (Wildman–Crippen LogP) is 1.56. The van der Waals surface area contributed by atoms with Crippen LogP contribution in [0.15, 0.2) is 30.3 Å². The summed E-state index contributed by atoms with van der Waals surface area (Å²) in [6.07, 6.45) is 1.60. The molecular weight excluding hydrogens is 192 g/mol. The molecule has 0 aromatic heterocycles. The molecule has 2 rings (SSSR count). The Labute approximate surface area is 89.0 Å². The van der Waals surface area contributed by atoms with E-state index in [1.807, 2.05) is 30.3 Å². The highest BCUT2D eigenvalue weighted by atomic mass is 16.6. The van der Waals surface area contributed by atoms with Crippen molar-refractivity contribution in [3.8, 4) is 0 Å². The van der Waals surface area contributed by atoms with Crippen molar-refractivity contribution in [2.24, 2.45) is 0 Å². The minimum Gasteiger partial charge on any atom is -0.374 e. The number of ether oxygens (including phenoxy) is 2. The molecule has 0 saturated carbocycles. The van der Waals surface area contributed by atoms with Crippen molar-refractivity contribution in [3.05, 3.63) is 35.9 Å². The highest BCUT2D eigenvalue weighted by Gasteiger charge is 2.38. The third kappa shape index (κ3) is 3.15. The summed E-state index contributed by atoms with van der Waals surface area (Å²) in [6, 6.07) is 10.0. The van der Waals surface area contributed by atoms with E-state index < -0.39 is 0 Å². The smallest absolute Gasteiger partial charge is 0.122 e. The summed E-state index contributed by atoms with van der Waals surface area (Å²) < 4.78 is 10.7. The van der Waals surface area contributed by atoms with Crippen molar-refractivity contribution in [1.29, 1.82) is 0 Å². The van der Waals surface area contributed by atoms with Crippen LogP contribution in [0.2, 0.25) is 0 Å². The fourth-order valence-corrected chi connectivity index (χ4v) is 1.50. The first-order chi connectivity index (χ1) is 7.40. The van der Waals surface area contributed by atoms with Crippen molar-refractivity contribution < 1.29 is 14.3 Å². The Bertz CT molecular complexity index is 310. The van der Waals surface area contributed by atoms with Gasteiger partial charge in [-0.2, -0.15) is 0 Å². The van der Waals surface area contributed by atoms with Gasteiger partial charge in [0.1, 0.15) is 12.4 Å². The Morgan fingerprint density at radius 1 is 1.27 bits per heavy atom. The monoisotopic (exact) mass is 206 g/mol. The molecule has 1 heterocycles. The van der Waals surface area contributed by atoms with E-state index >= 15 is 0 Å². The summed E-state index contributed by atoms with van der Waals surface area (Å²) in [5, 5.41) is 0. The van der Waals surface area contributed by atoms with Gasteiger partial charge < -0.3 is 14.3 Å². The van der Waals surface area contributed by atoms with Gasteiger partial charge >= 0.3 is 0 Å². The fraction of sp³-hybridized carbons (Fsp3) is 0.417. The molecule has 0 N–H and O–H groups in total. The predicted molar refractivity (Wildman–Crippen MR) is 55.4 cm³/mol. The van der Waals surface area contributed by atoms with E-state index in [1.54, 1.807) is 0 Å². The van der Waals surface area contributed by atoms with Gasteiger partial charge in [-0.1, -0.05) is 30.3 Å². The van der Waals surface area contributed by atoms with Crippen molar-refractivity contribution in [3.63, 3.8) is 0 Å². The van der Waals surface area contributed by atoms with Gasteiger partial charge in [0.25, 0.3) is 0 Å². The van der Waals surface area contributed by atoms with Crippen LogP contribution < -0.4 is 0 Å². The zero-order valence-corrected chi connectivity index (χ0v) is 8.46. The normalized spacial score (nSPS) is 23.7. The quantitative estimate of drug-likeness (QED) is 0.523. The first kappa shape index (κ1) is 10.3. The van der Waals surface area contributed by atoms with Crippen LogP contribution in [0.25, 0.3) is 0 Å². The molecule has 2 atom stereocenters. The molecule has 1 aromatic rings. The number of rotatable bonds is 6. The van der Waals surface area contributed by atoms with E-state index in [0.717, 1.165) is 11.8 Å². The lowest BCUT2D eigenvalue weighted by molar-refractivity contribution is -0.108. The van der Waals surface area contributed by atoms with Crippen molar-refractivity contribution >= 4 is 6.29 Å². The van der Waals surface area contributed by atoms with Crippen LogP contribution in [-0.2, 0) is 20.9 Å². The molecular formula is C12H14O3. The highest BCUT2D eigenvalue weighted by Crippen LogP contribution is 2.24. The molecule has 3 heteroatoms. The van der Waals surface area contributed by atoms with Crippen LogP contribution in [0.1, 0.15) is 12.0 Å². The topological polar surface area (TPSA) is 38.8 Å². The van der Waals surface area contributed by atoms with Gasteiger partial charge in [0.05, 0.1) is 19.3 Å². The summed E-state index contributed by atoms with van der Waals surface area (Å²) in [5.41, 5.74) is 1.16. The first-order valence-corrected chi connectivity index (χ1v) is 5.11. The third-order valence-corrected chi connectivity index (χ3v) is 2.41. The van der Waals surface area contributed by atoms with Gasteiger partial charge in [0.2, 0.25) is 0 Å². The fourth-order valence-electron chi connectivity index (χ4n) is 1.50. The number of aldehydes is 1. The Morgan fingerprint density at radius 3 is 2.80 bits per heavy atom. The summed E-state index contributed by atoms with van der Waals surface area (Å²) in [4.78, 5) is 10.2. The average Bonchev–Trinajstić information content (AvgIpc) is 2.99. The lowest BCUT2D eigenvalue weighted by atomic mass is 10.2. The van der Waals surface area contributed by atoms with Crippen LogP contribution in [0.3, 0.4) is 0 Å². The molecule has 1 aromatic carbocycles. The SMILES string of the molecule is O=CC[C@@H]1O[C@H]1COCc1ccccc1. The minimum absolute atomic E-state index is 0.0956. The number of hydrogen-bond donors (Lipinski definition) is 0. The number of epoxide rings is 1. The van der Waals surface area contributed by atoms with Gasteiger partial charge in [-0.25, -0.2) is 0 Å². The van der Waals surface area contributed by atoms with Gasteiger partial charge in [-0.3, -0.25) is 0 Å². The zero-order valence-electron chi connectivity index (χ0n) is 8.46. The zero-order chi connectivity index (χ0) is 10.5. The van der Waals surface area contributed by atoms with Crippen LogP contribution >= 0.6 is 0 Å². The Morgan fingerprint density at radius 2 is 2.07 bits per heavy atom. The maximum Gasteiger partial charge on any atom is 0.122 e. The first-order valence-electron chi connectivity index (χ1n) is 5.11. The molecule has 0 bridgehead atoms. The molecule has 0 spiro atoms. The van der Waals surface area contributed by atoms with Gasteiger partial charge in [-0.15, -0.1) is 0 Å². The third-order valence-electron chi connectivity index (χ3n) is 2.41. The Hall–Kier alpha value is -1.19. The molecule has 1 saturated heterocycles. The van der Waals surface area contributed by atoms with Crippen LogP contribution in [0, 0.1) is 0 Å². The second-order valence-electron chi connectivity index (χ2n) is 3.62. The molecule has 3 nitrogen and oxygen atoms in total. The molecule has 0 radical (unpaired) electrons. The lowest BCUT2D eigenvalue weighted by Crippen LogP contribution is -2.05. The van der Waals surface area contributed by atoms with Crippen LogP contribution in [-0.4, -0.2) is 25.1 Å². The number of benzene rings is 1. The van der Waals surface area contributed by atoms with Crippen LogP contribution in [0.4, 0.5) is 0 Å². The van der Waals surface area contributed by atoms with E-state index in [9.17, 15) is 4.79 Å². The summed E-state index contributed by atoms with van der Waals surface area (Å²) >= 11 is 0. The Balaban J connectivity index is 1.62. The Kier molecular flexibility index (Phi) is 3.48. The van der Waals surface area contributed by atoms with Gasteiger partial charge in [-0.05, 0) is 5.56 Å². The molecule has 80 valence electrons. The van der Waals surface area contributed by atoms with E-state index in [1.165, 1.54) is 0 Å². The van der Waals surface area contributed by atoms with E-state index in [2.05, 4.69) is 0 Å². The summed E-state index contributed by atoms with van der Waals surface area (Å²) in [7, 11) is 0. The second kappa shape index (κ2) is 5.05. The van der Waals surface area contributed by atoms with Gasteiger partial charge in [0, 0.05) is 6.42 Å². The standard InChI is InChI=1S/C12H14O3/c13-7-6-11-12(15-11)9-14-8-10-4-2-1-3-5-10/h1-5,7,11-12H,6,8-9H2/t11-,12-/m0/s1. The van der Waals surface area contributed by atoms with Crippen molar-refractivity contribution in [2.75, 3.05) is 6.61 Å². The molecule has 1 aliphatic heterocycles. The van der Waals surface area contributed by atoms with Gasteiger partial charge in [0.15, 0.2) is 0 Å². The number of hydrogen-bond acceptors (Lipinski definition) is 3.